The maximum atomic E-state index is 7.97. The Balaban J connectivity index is 3.05. The lowest BCUT2D eigenvalue weighted by atomic mass is 10.1. The zero-order chi connectivity index (χ0) is 15.6. The minimum Gasteiger partial charge on any atom is -0.490 e. The van der Waals surface area contributed by atoms with Gasteiger partial charge in [0, 0.05) is 31.3 Å². The van der Waals surface area contributed by atoms with Crippen LogP contribution in [0.2, 0.25) is 0 Å². The number of ether oxygens (including phenoxy) is 1. The van der Waals surface area contributed by atoms with Gasteiger partial charge in [0.05, 0.1) is 6.10 Å². The van der Waals surface area contributed by atoms with Crippen LogP contribution in [0, 0.1) is 0 Å². The SMILES string of the molecule is [2H]C([2H])(C)C(Oc1cccc(N(C)C)c1)C([2H])([2H])CC. The third-order valence-corrected chi connectivity index (χ3v) is 2.24. The first-order chi connectivity index (χ1) is 9.08. The molecule has 0 radical (unpaired) electrons. The smallest absolute Gasteiger partial charge is 0.121 e. The van der Waals surface area contributed by atoms with E-state index in [0.717, 1.165) is 5.69 Å². The summed E-state index contributed by atoms with van der Waals surface area (Å²) in [5, 5.41) is 0. The molecule has 0 aromatic heterocycles. The van der Waals surface area contributed by atoms with Crippen molar-refractivity contribution < 1.29 is 10.2 Å². The molecule has 0 fully saturated rings. The van der Waals surface area contributed by atoms with Gasteiger partial charge in [-0.1, -0.05) is 26.3 Å². The second kappa shape index (κ2) is 6.41. The first kappa shape index (κ1) is 7.99. The van der Waals surface area contributed by atoms with Crippen molar-refractivity contribution in [3.05, 3.63) is 24.3 Å². The van der Waals surface area contributed by atoms with E-state index in [2.05, 4.69) is 0 Å². The second-order valence-electron chi connectivity index (χ2n) is 3.74. The molecule has 0 heterocycles. The van der Waals surface area contributed by atoms with Gasteiger partial charge in [-0.2, -0.15) is 0 Å². The molecule has 2 nitrogen and oxygen atoms in total. The zero-order valence-corrected chi connectivity index (χ0v) is 10.4. The van der Waals surface area contributed by atoms with E-state index in [1.165, 1.54) is 6.92 Å². The van der Waals surface area contributed by atoms with Gasteiger partial charge in [0.25, 0.3) is 0 Å². The predicted octanol–water partition coefficient (Wildman–Crippen LogP) is 3.71. The minimum absolute atomic E-state index is 0.193. The average Bonchev–Trinajstić information content (AvgIpc) is 2.34. The summed E-state index contributed by atoms with van der Waals surface area (Å²) in [4.78, 5) is 1.91. The summed E-state index contributed by atoms with van der Waals surface area (Å²) < 4.78 is 37.2. The number of benzene rings is 1. The van der Waals surface area contributed by atoms with Gasteiger partial charge in [0.15, 0.2) is 0 Å². The quantitative estimate of drug-likeness (QED) is 0.732. The number of rotatable bonds is 6. The van der Waals surface area contributed by atoms with Crippen LogP contribution in [0.15, 0.2) is 24.3 Å². The van der Waals surface area contributed by atoms with Crippen LogP contribution >= 0.6 is 0 Å². The van der Waals surface area contributed by atoms with Gasteiger partial charge in [-0.05, 0) is 24.9 Å². The van der Waals surface area contributed by atoms with Crippen molar-refractivity contribution in [3.63, 3.8) is 0 Å². The van der Waals surface area contributed by atoms with Crippen LogP contribution in [-0.4, -0.2) is 20.2 Å². The molecule has 0 bridgehead atoms. The van der Waals surface area contributed by atoms with Gasteiger partial charge >= 0.3 is 0 Å². The van der Waals surface area contributed by atoms with Gasteiger partial charge in [-0.15, -0.1) is 0 Å². The van der Waals surface area contributed by atoms with Crippen molar-refractivity contribution in [2.45, 2.75) is 39.1 Å². The van der Waals surface area contributed by atoms with Crippen LogP contribution < -0.4 is 9.64 Å². The molecule has 1 aromatic rings. The molecule has 1 unspecified atom stereocenters. The third-order valence-electron chi connectivity index (χ3n) is 2.24. The zero-order valence-electron chi connectivity index (χ0n) is 14.4. The Morgan fingerprint density at radius 2 is 2.12 bits per heavy atom. The maximum absolute atomic E-state index is 7.97. The summed E-state index contributed by atoms with van der Waals surface area (Å²) >= 11 is 0. The highest BCUT2D eigenvalue weighted by Crippen LogP contribution is 2.21. The van der Waals surface area contributed by atoms with Gasteiger partial charge in [0.1, 0.15) is 5.75 Å². The molecule has 1 aromatic carbocycles. The molecule has 1 atom stereocenters. The van der Waals surface area contributed by atoms with Crippen molar-refractivity contribution >= 4 is 5.69 Å². The average molecular weight is 225 g/mol. The molecule has 1 rings (SSSR count). The van der Waals surface area contributed by atoms with E-state index in [1.807, 2.05) is 31.1 Å². The molecule has 0 amide bonds. The fourth-order valence-corrected chi connectivity index (χ4v) is 1.36. The highest BCUT2D eigenvalue weighted by Gasteiger charge is 2.07. The predicted molar refractivity (Wildman–Crippen MR) is 70.4 cm³/mol. The van der Waals surface area contributed by atoms with Crippen molar-refractivity contribution in [1.29, 1.82) is 0 Å². The molecule has 0 aliphatic carbocycles. The summed E-state index contributed by atoms with van der Waals surface area (Å²) in [7, 11) is 3.81. The lowest BCUT2D eigenvalue weighted by molar-refractivity contribution is 0.186. The van der Waals surface area contributed by atoms with Crippen molar-refractivity contribution in [1.82, 2.24) is 0 Å². The van der Waals surface area contributed by atoms with Gasteiger partial charge < -0.3 is 9.64 Å². The van der Waals surface area contributed by atoms with Crippen molar-refractivity contribution in [2.24, 2.45) is 0 Å². The molecule has 0 aliphatic heterocycles. The van der Waals surface area contributed by atoms with E-state index < -0.39 is 18.8 Å². The van der Waals surface area contributed by atoms with Gasteiger partial charge in [-0.25, -0.2) is 0 Å². The molecule has 2 heteroatoms. The lowest BCUT2D eigenvalue weighted by Gasteiger charge is -2.19. The fourth-order valence-electron chi connectivity index (χ4n) is 1.36. The van der Waals surface area contributed by atoms with Crippen LogP contribution in [0.3, 0.4) is 0 Å². The first-order valence-corrected chi connectivity index (χ1v) is 5.52. The van der Waals surface area contributed by atoms with E-state index in [0.29, 0.717) is 5.75 Å². The van der Waals surface area contributed by atoms with Crippen LogP contribution in [0.4, 0.5) is 5.69 Å². The molecule has 0 spiro atoms. The van der Waals surface area contributed by atoms with Crippen LogP contribution in [-0.2, 0) is 0 Å². The number of nitrogens with zero attached hydrogens (tertiary/aromatic N) is 1. The fraction of sp³-hybridized carbons (Fsp3) is 0.571. The third kappa shape index (κ3) is 3.76. The molecule has 0 N–H and O–H groups in total. The molecular formula is C14H23NO. The van der Waals surface area contributed by atoms with Crippen molar-refractivity contribution in [2.75, 3.05) is 19.0 Å². The monoisotopic (exact) mass is 225 g/mol. The first-order valence-electron chi connectivity index (χ1n) is 7.52. The summed E-state index contributed by atoms with van der Waals surface area (Å²) in [6.45, 7) is 3.04. The largest absolute Gasteiger partial charge is 0.490 e. The van der Waals surface area contributed by atoms with E-state index in [4.69, 9.17) is 10.2 Å². The summed E-state index contributed by atoms with van der Waals surface area (Å²) in [6.07, 6.45) is -4.46. The second-order valence-corrected chi connectivity index (χ2v) is 3.74. The Hall–Kier alpha value is -1.18. The maximum Gasteiger partial charge on any atom is 0.121 e. The topological polar surface area (TPSA) is 12.5 Å². The van der Waals surface area contributed by atoms with E-state index in [-0.39, 0.29) is 6.42 Å². The normalized spacial score (nSPS) is 17.8. The van der Waals surface area contributed by atoms with Gasteiger partial charge in [0.2, 0.25) is 0 Å². The van der Waals surface area contributed by atoms with E-state index in [9.17, 15) is 0 Å². The number of hydrogen-bond donors (Lipinski definition) is 0. The molecule has 0 aliphatic rings. The van der Waals surface area contributed by atoms with Crippen LogP contribution in [0.5, 0.6) is 5.75 Å². The molecule has 16 heavy (non-hydrogen) atoms. The Labute approximate surface area is 105 Å². The lowest BCUT2D eigenvalue weighted by Crippen LogP contribution is -2.15. The highest BCUT2D eigenvalue weighted by atomic mass is 16.5. The molecule has 90 valence electrons. The van der Waals surface area contributed by atoms with E-state index >= 15 is 0 Å². The Kier molecular flexibility index (Phi) is 3.20. The molecule has 0 saturated carbocycles. The molecular weight excluding hydrogens is 198 g/mol. The van der Waals surface area contributed by atoms with E-state index in [1.54, 1.807) is 19.1 Å². The number of anilines is 1. The number of hydrogen-bond acceptors (Lipinski definition) is 2. The Morgan fingerprint density at radius 1 is 1.38 bits per heavy atom. The summed E-state index contributed by atoms with van der Waals surface area (Å²) in [5.74, 6) is 0.476. The summed E-state index contributed by atoms with van der Waals surface area (Å²) in [5.41, 5.74) is 0.926. The Bertz CT molecular complexity index is 443. The Morgan fingerprint density at radius 3 is 2.69 bits per heavy atom. The minimum atomic E-state index is -1.77. The highest BCUT2D eigenvalue weighted by molar-refractivity contribution is 5.49. The van der Waals surface area contributed by atoms with Crippen LogP contribution in [0.25, 0.3) is 0 Å². The standard InChI is InChI=1S/C14H23NO/c1-5-8-13(6-2)16-14-10-7-9-12(11-14)15(3)4/h7,9-11,13H,5-6,8H2,1-4H3/i6D2,8D2. The molecule has 0 saturated heterocycles. The van der Waals surface area contributed by atoms with Gasteiger partial charge in [-0.3, -0.25) is 0 Å². The van der Waals surface area contributed by atoms with Crippen LogP contribution in [0.1, 0.15) is 38.5 Å². The van der Waals surface area contributed by atoms with Crippen molar-refractivity contribution in [3.8, 4) is 5.75 Å². The summed E-state index contributed by atoms with van der Waals surface area (Å²) in [6, 6.07) is 7.23.